The molecule has 0 aliphatic heterocycles. The Hall–Kier alpha value is -1.10. The van der Waals surface area contributed by atoms with E-state index in [1.807, 2.05) is 6.07 Å². The van der Waals surface area contributed by atoms with E-state index in [-0.39, 0.29) is 27.9 Å². The highest BCUT2D eigenvalue weighted by Gasteiger charge is 2.57. The summed E-state index contributed by atoms with van der Waals surface area (Å²) in [6.07, 6.45) is 9.64. The molecule has 5 heteroatoms. The molecule has 0 amide bonds. The zero-order valence-electron chi connectivity index (χ0n) is 13.9. The first-order chi connectivity index (χ1) is 11.5. The SMILES string of the molecule is O=C(CC12C[C@H]3C[C@@H](CC(Br)(C3)C1)C2)OCCn1ccccc1=O. The average molecular weight is 394 g/mol. The molecule has 4 saturated carbocycles. The van der Waals surface area contributed by atoms with E-state index in [9.17, 15) is 9.59 Å². The lowest BCUT2D eigenvalue weighted by Gasteiger charge is -2.60. The third-order valence-corrected chi connectivity index (χ3v) is 7.05. The highest BCUT2D eigenvalue weighted by molar-refractivity contribution is 9.10. The first-order valence-electron chi connectivity index (χ1n) is 8.95. The van der Waals surface area contributed by atoms with Crippen LogP contribution in [0.5, 0.6) is 0 Å². The molecular formula is C19H24BrNO3. The molecule has 4 bridgehead atoms. The molecular weight excluding hydrogens is 370 g/mol. The molecule has 4 nitrogen and oxygen atoms in total. The summed E-state index contributed by atoms with van der Waals surface area (Å²) >= 11 is 3.98. The molecule has 4 aliphatic carbocycles. The number of ether oxygens (including phenoxy) is 1. The zero-order valence-corrected chi connectivity index (χ0v) is 15.5. The number of alkyl halides is 1. The summed E-state index contributed by atoms with van der Waals surface area (Å²) in [5, 5.41) is 0. The fourth-order valence-corrected chi connectivity index (χ4v) is 7.31. The molecule has 0 radical (unpaired) electrons. The maximum Gasteiger partial charge on any atom is 0.306 e. The lowest BCUT2D eigenvalue weighted by Crippen LogP contribution is -2.53. The number of esters is 1. The minimum atomic E-state index is -0.1000. The van der Waals surface area contributed by atoms with Gasteiger partial charge in [0.25, 0.3) is 5.56 Å². The van der Waals surface area contributed by atoms with Gasteiger partial charge in [-0.1, -0.05) is 22.0 Å². The number of carbonyl (C=O) groups is 1. The minimum absolute atomic E-state index is 0.0594. The van der Waals surface area contributed by atoms with Gasteiger partial charge in [0, 0.05) is 16.6 Å². The van der Waals surface area contributed by atoms with Crippen molar-refractivity contribution in [2.45, 2.75) is 55.8 Å². The van der Waals surface area contributed by atoms with Crippen molar-refractivity contribution in [1.82, 2.24) is 4.57 Å². The molecule has 4 aliphatic rings. The van der Waals surface area contributed by atoms with Crippen molar-refractivity contribution in [1.29, 1.82) is 0 Å². The first-order valence-corrected chi connectivity index (χ1v) is 9.75. The fraction of sp³-hybridized carbons (Fsp3) is 0.684. The Morgan fingerprint density at radius 2 is 2.00 bits per heavy atom. The topological polar surface area (TPSA) is 48.3 Å². The van der Waals surface area contributed by atoms with Crippen LogP contribution in [-0.4, -0.2) is 21.5 Å². The molecule has 24 heavy (non-hydrogen) atoms. The summed E-state index contributed by atoms with van der Waals surface area (Å²) in [5.74, 6) is 1.46. The highest BCUT2D eigenvalue weighted by atomic mass is 79.9. The van der Waals surface area contributed by atoms with Gasteiger partial charge in [-0.2, -0.15) is 0 Å². The van der Waals surface area contributed by atoms with Crippen LogP contribution in [0.25, 0.3) is 0 Å². The molecule has 0 unspecified atom stereocenters. The van der Waals surface area contributed by atoms with Crippen molar-refractivity contribution in [3.05, 3.63) is 34.7 Å². The highest BCUT2D eigenvalue weighted by Crippen LogP contribution is 2.65. The standard InChI is InChI=1S/C19H24BrNO3/c20-19-10-14-7-15(11-19)9-18(8-14,13-19)12-17(23)24-6-5-21-4-2-1-3-16(21)22/h1-4,14-15H,5-13H2/t14-,15-,18?,19?/m1/s1. The Bertz CT molecular complexity index is 684. The molecule has 2 atom stereocenters. The van der Waals surface area contributed by atoms with Gasteiger partial charge in [-0.25, -0.2) is 0 Å². The van der Waals surface area contributed by atoms with Crippen LogP contribution in [0.2, 0.25) is 0 Å². The van der Waals surface area contributed by atoms with Gasteiger partial charge in [0.1, 0.15) is 6.61 Å². The van der Waals surface area contributed by atoms with Crippen LogP contribution in [0.3, 0.4) is 0 Å². The molecule has 1 aromatic heterocycles. The summed E-state index contributed by atoms with van der Waals surface area (Å²) in [6, 6.07) is 5.05. The fourth-order valence-electron chi connectivity index (χ4n) is 5.80. The van der Waals surface area contributed by atoms with E-state index in [0.29, 0.717) is 13.0 Å². The second kappa shape index (κ2) is 6.01. The van der Waals surface area contributed by atoms with Crippen molar-refractivity contribution in [3.63, 3.8) is 0 Å². The van der Waals surface area contributed by atoms with Gasteiger partial charge in [0.05, 0.1) is 13.0 Å². The second-order valence-corrected chi connectivity index (χ2v) is 9.92. The summed E-state index contributed by atoms with van der Waals surface area (Å²) in [5.41, 5.74) is 0.0877. The number of rotatable bonds is 5. The predicted molar refractivity (Wildman–Crippen MR) is 95.1 cm³/mol. The Labute approximate surface area is 150 Å². The van der Waals surface area contributed by atoms with Gasteiger partial charge in [0.15, 0.2) is 0 Å². The van der Waals surface area contributed by atoms with Crippen molar-refractivity contribution in [2.24, 2.45) is 17.3 Å². The lowest BCUT2D eigenvalue weighted by atomic mass is 9.49. The van der Waals surface area contributed by atoms with E-state index in [2.05, 4.69) is 15.9 Å². The van der Waals surface area contributed by atoms with Crippen LogP contribution >= 0.6 is 15.9 Å². The first kappa shape index (κ1) is 16.4. The predicted octanol–water partition coefficient (Wildman–Crippen LogP) is 3.52. The summed E-state index contributed by atoms with van der Waals surface area (Å²) in [4.78, 5) is 24.0. The van der Waals surface area contributed by atoms with E-state index in [1.54, 1.807) is 16.8 Å². The molecule has 5 rings (SSSR count). The Morgan fingerprint density at radius 1 is 1.25 bits per heavy atom. The van der Waals surface area contributed by atoms with Gasteiger partial charge in [0.2, 0.25) is 0 Å². The van der Waals surface area contributed by atoms with Crippen LogP contribution in [0.1, 0.15) is 44.9 Å². The van der Waals surface area contributed by atoms with Crippen LogP contribution in [0.4, 0.5) is 0 Å². The number of carbonyl (C=O) groups excluding carboxylic acids is 1. The number of pyridine rings is 1. The Morgan fingerprint density at radius 3 is 2.67 bits per heavy atom. The zero-order chi connectivity index (χ0) is 16.8. The summed E-state index contributed by atoms with van der Waals surface area (Å²) in [6.45, 7) is 0.692. The summed E-state index contributed by atoms with van der Waals surface area (Å²) < 4.78 is 7.31. The largest absolute Gasteiger partial charge is 0.464 e. The van der Waals surface area contributed by atoms with Gasteiger partial charge in [-0.15, -0.1) is 0 Å². The van der Waals surface area contributed by atoms with Crippen molar-refractivity contribution in [3.8, 4) is 0 Å². The van der Waals surface area contributed by atoms with Gasteiger partial charge >= 0.3 is 5.97 Å². The maximum absolute atomic E-state index is 12.4. The van der Waals surface area contributed by atoms with E-state index in [0.717, 1.165) is 18.3 Å². The average Bonchev–Trinajstić information content (AvgIpc) is 2.46. The van der Waals surface area contributed by atoms with Gasteiger partial charge in [-0.3, -0.25) is 9.59 Å². The van der Waals surface area contributed by atoms with Crippen molar-refractivity contribution < 1.29 is 9.53 Å². The quantitative estimate of drug-likeness (QED) is 0.567. The van der Waals surface area contributed by atoms with Crippen LogP contribution in [0, 0.1) is 17.3 Å². The van der Waals surface area contributed by atoms with Crippen molar-refractivity contribution >= 4 is 21.9 Å². The normalized spacial score (nSPS) is 36.7. The number of hydrogen-bond donors (Lipinski definition) is 0. The Kier molecular flexibility index (Phi) is 4.10. The smallest absolute Gasteiger partial charge is 0.306 e. The number of hydrogen-bond acceptors (Lipinski definition) is 3. The van der Waals surface area contributed by atoms with Crippen molar-refractivity contribution in [2.75, 3.05) is 6.61 Å². The van der Waals surface area contributed by atoms with Crippen LogP contribution in [-0.2, 0) is 16.1 Å². The van der Waals surface area contributed by atoms with Crippen LogP contribution in [0.15, 0.2) is 29.2 Å². The lowest BCUT2D eigenvalue weighted by molar-refractivity contribution is -0.151. The van der Waals surface area contributed by atoms with Gasteiger partial charge in [-0.05, 0) is 61.8 Å². The number of aromatic nitrogens is 1. The third-order valence-electron chi connectivity index (χ3n) is 6.12. The van der Waals surface area contributed by atoms with Crippen LogP contribution < -0.4 is 5.56 Å². The molecule has 4 fully saturated rings. The molecule has 130 valence electrons. The third kappa shape index (κ3) is 3.19. The maximum atomic E-state index is 12.4. The van der Waals surface area contributed by atoms with E-state index in [4.69, 9.17) is 4.74 Å². The molecule has 0 aromatic carbocycles. The second-order valence-electron chi connectivity index (χ2n) is 8.24. The van der Waals surface area contributed by atoms with E-state index in [1.165, 1.54) is 38.2 Å². The van der Waals surface area contributed by atoms with E-state index >= 15 is 0 Å². The molecule has 1 heterocycles. The monoisotopic (exact) mass is 393 g/mol. The molecule has 0 spiro atoms. The molecule has 0 saturated heterocycles. The summed E-state index contributed by atoms with van der Waals surface area (Å²) in [7, 11) is 0. The van der Waals surface area contributed by atoms with Gasteiger partial charge < -0.3 is 9.30 Å². The Balaban J connectivity index is 1.33. The number of halogens is 1. The molecule has 1 aromatic rings. The number of nitrogens with zero attached hydrogens (tertiary/aromatic N) is 1. The minimum Gasteiger partial charge on any atom is -0.464 e. The molecule has 0 N–H and O–H groups in total. The van der Waals surface area contributed by atoms with E-state index < -0.39 is 0 Å².